The molecule has 5 heteroatoms. The smallest absolute Gasteiger partial charge is 0.174 e. The van der Waals surface area contributed by atoms with Crippen molar-refractivity contribution in [3.05, 3.63) is 199 Å². The molecule has 0 bridgehead atoms. The number of halogens is 2. The number of para-hydroxylation sites is 1. The highest BCUT2D eigenvalue weighted by atomic mass is 19.1. The van der Waals surface area contributed by atoms with Gasteiger partial charge < -0.3 is 4.90 Å². The molecule has 3 nitrogen and oxygen atoms in total. The minimum absolute atomic E-state index is 0.218. The van der Waals surface area contributed by atoms with Crippen LogP contribution in [-0.2, 0) is 5.41 Å². The summed E-state index contributed by atoms with van der Waals surface area (Å²) in [4.78, 5) is 8.62. The highest BCUT2D eigenvalue weighted by Gasteiger charge is 2.38. The maximum absolute atomic E-state index is 16.3. The van der Waals surface area contributed by atoms with Crippen LogP contribution in [0.4, 0.5) is 43.0 Å². The normalized spacial score (nSPS) is 13.1. The van der Waals surface area contributed by atoms with E-state index in [4.69, 9.17) is 0 Å². The van der Waals surface area contributed by atoms with E-state index in [0.717, 1.165) is 77.0 Å². The van der Waals surface area contributed by atoms with Crippen molar-refractivity contribution in [1.82, 2.24) is 4.98 Å². The van der Waals surface area contributed by atoms with Crippen molar-refractivity contribution in [3.63, 3.8) is 0 Å². The average Bonchev–Trinajstić information content (AvgIpc) is 3.48. The zero-order chi connectivity index (χ0) is 38.4. The lowest BCUT2D eigenvalue weighted by Crippen LogP contribution is -2.16. The Balaban J connectivity index is 1.19. The van der Waals surface area contributed by atoms with Crippen molar-refractivity contribution < 1.29 is 8.78 Å². The minimum atomic E-state index is -0.417. The summed E-state index contributed by atoms with van der Waals surface area (Å²) in [7, 11) is 0. The number of hydrogen-bond acceptors (Lipinski definition) is 3. The Morgan fingerprint density at radius 3 is 1.81 bits per heavy atom. The Morgan fingerprint density at radius 1 is 0.456 bits per heavy atom. The van der Waals surface area contributed by atoms with Gasteiger partial charge in [-0.05, 0) is 104 Å². The highest BCUT2D eigenvalue weighted by molar-refractivity contribution is 6.28. The molecular formula is C52H35F2N3. The van der Waals surface area contributed by atoms with Crippen molar-refractivity contribution >= 4 is 77.3 Å². The fraction of sp³-hybridized carbons (Fsp3) is 0.0577. The summed E-state index contributed by atoms with van der Waals surface area (Å²) in [6, 6.07) is 56.4. The Morgan fingerprint density at radius 2 is 1.05 bits per heavy atom. The Kier molecular flexibility index (Phi) is 7.26. The molecule has 0 atom stereocenters. The molecular weight excluding hydrogens is 705 g/mol. The maximum atomic E-state index is 16.3. The van der Waals surface area contributed by atoms with Crippen LogP contribution in [-0.4, -0.2) is 4.98 Å². The van der Waals surface area contributed by atoms with Crippen LogP contribution in [0.3, 0.4) is 0 Å². The largest absolute Gasteiger partial charge is 0.306 e. The van der Waals surface area contributed by atoms with Crippen LogP contribution in [0.15, 0.2) is 176 Å². The van der Waals surface area contributed by atoms with E-state index in [1.54, 1.807) is 18.3 Å². The third-order valence-electron chi connectivity index (χ3n) is 12.0. The first-order chi connectivity index (χ1) is 27.9. The Bertz CT molecular complexity index is 3220. The molecule has 0 saturated heterocycles. The zero-order valence-electron chi connectivity index (χ0n) is 31.3. The van der Waals surface area contributed by atoms with Crippen molar-refractivity contribution in [1.29, 1.82) is 0 Å². The highest BCUT2D eigenvalue weighted by Crippen LogP contribution is 2.55. The molecule has 0 saturated carbocycles. The van der Waals surface area contributed by atoms with Crippen molar-refractivity contribution in [2.45, 2.75) is 19.3 Å². The second-order valence-electron chi connectivity index (χ2n) is 15.4. The van der Waals surface area contributed by atoms with Gasteiger partial charge in [0.2, 0.25) is 0 Å². The van der Waals surface area contributed by atoms with E-state index in [1.165, 1.54) is 23.3 Å². The summed E-state index contributed by atoms with van der Waals surface area (Å²) >= 11 is 0. The molecule has 11 rings (SSSR count). The third-order valence-corrected chi connectivity index (χ3v) is 12.0. The molecule has 57 heavy (non-hydrogen) atoms. The van der Waals surface area contributed by atoms with Crippen LogP contribution < -0.4 is 9.80 Å². The molecule has 10 aromatic rings. The Labute approximate surface area is 329 Å². The van der Waals surface area contributed by atoms with E-state index in [-0.39, 0.29) is 17.1 Å². The van der Waals surface area contributed by atoms with Gasteiger partial charge >= 0.3 is 0 Å². The molecule has 0 aliphatic heterocycles. The SMILES string of the molecule is CC1(C)c2ccccc2-c2c(N(c3ccccc3F)c3ccc4ccc5c(N(c6ccc7ccccc7c6)c6ncccc6F)ccc6ccc3c4c65)cccc21. The van der Waals surface area contributed by atoms with E-state index < -0.39 is 5.82 Å². The van der Waals surface area contributed by atoms with Crippen LogP contribution in [0, 0.1) is 11.6 Å². The van der Waals surface area contributed by atoms with Gasteiger partial charge in [0.25, 0.3) is 0 Å². The average molecular weight is 740 g/mol. The molecule has 0 unspecified atom stereocenters. The quantitative estimate of drug-likeness (QED) is 0.158. The number of hydrogen-bond donors (Lipinski definition) is 0. The predicted molar refractivity (Wildman–Crippen MR) is 232 cm³/mol. The summed E-state index contributed by atoms with van der Waals surface area (Å²) < 4.78 is 32.2. The van der Waals surface area contributed by atoms with E-state index in [1.807, 2.05) is 35.2 Å². The summed E-state index contributed by atoms with van der Waals surface area (Å²) in [5.41, 5.74) is 8.36. The molecule has 9 aromatic carbocycles. The molecule has 0 fully saturated rings. The molecule has 0 amide bonds. The number of aromatic nitrogens is 1. The maximum Gasteiger partial charge on any atom is 0.174 e. The first-order valence-electron chi connectivity index (χ1n) is 19.3. The molecule has 1 aliphatic carbocycles. The van der Waals surface area contributed by atoms with Gasteiger partial charge in [-0.15, -0.1) is 0 Å². The van der Waals surface area contributed by atoms with Crippen molar-refractivity contribution in [2.75, 3.05) is 9.80 Å². The molecule has 1 aliphatic rings. The van der Waals surface area contributed by atoms with E-state index >= 15 is 8.78 Å². The van der Waals surface area contributed by atoms with Crippen LogP contribution in [0.1, 0.15) is 25.0 Å². The van der Waals surface area contributed by atoms with E-state index in [0.29, 0.717) is 5.69 Å². The fourth-order valence-corrected chi connectivity index (χ4v) is 9.34. The molecule has 0 N–H and O–H groups in total. The topological polar surface area (TPSA) is 19.4 Å². The fourth-order valence-electron chi connectivity index (χ4n) is 9.34. The van der Waals surface area contributed by atoms with E-state index in [2.05, 4.69) is 139 Å². The number of anilines is 6. The number of rotatable bonds is 6. The number of nitrogens with zero attached hydrogens (tertiary/aromatic N) is 3. The van der Waals surface area contributed by atoms with Gasteiger partial charge in [-0.2, -0.15) is 0 Å². The second-order valence-corrected chi connectivity index (χ2v) is 15.4. The van der Waals surface area contributed by atoms with Gasteiger partial charge in [0.1, 0.15) is 5.82 Å². The van der Waals surface area contributed by atoms with Crippen LogP contribution in [0.5, 0.6) is 0 Å². The van der Waals surface area contributed by atoms with Gasteiger partial charge in [0, 0.05) is 33.6 Å². The van der Waals surface area contributed by atoms with Crippen LogP contribution in [0.2, 0.25) is 0 Å². The second kappa shape index (κ2) is 12.5. The lowest BCUT2D eigenvalue weighted by atomic mass is 9.82. The Hall–Kier alpha value is -7.11. The van der Waals surface area contributed by atoms with Gasteiger partial charge in [-0.25, -0.2) is 13.8 Å². The molecule has 0 radical (unpaired) electrons. The summed E-state index contributed by atoms with van der Waals surface area (Å²) in [6.07, 6.45) is 1.63. The molecule has 1 aromatic heterocycles. The third kappa shape index (κ3) is 4.91. The van der Waals surface area contributed by atoms with Gasteiger partial charge in [0.05, 0.1) is 22.7 Å². The van der Waals surface area contributed by atoms with Gasteiger partial charge in [0.15, 0.2) is 11.6 Å². The number of fused-ring (bicyclic) bond motifs is 4. The summed E-state index contributed by atoms with van der Waals surface area (Å²) in [6.45, 7) is 4.53. The molecule has 1 heterocycles. The first kappa shape index (κ1) is 33.2. The van der Waals surface area contributed by atoms with E-state index in [9.17, 15) is 0 Å². The summed E-state index contributed by atoms with van der Waals surface area (Å²) in [5.74, 6) is -0.508. The lowest BCUT2D eigenvalue weighted by Gasteiger charge is -2.31. The van der Waals surface area contributed by atoms with Crippen molar-refractivity contribution in [2.24, 2.45) is 0 Å². The van der Waals surface area contributed by atoms with Crippen LogP contribution in [0.25, 0.3) is 54.2 Å². The van der Waals surface area contributed by atoms with Gasteiger partial charge in [-0.1, -0.05) is 129 Å². The first-order valence-corrected chi connectivity index (χ1v) is 19.3. The number of benzene rings is 9. The molecule has 272 valence electrons. The predicted octanol–water partition coefficient (Wildman–Crippen LogP) is 14.7. The zero-order valence-corrected chi connectivity index (χ0v) is 31.3. The van der Waals surface area contributed by atoms with Crippen LogP contribution >= 0.6 is 0 Å². The monoisotopic (exact) mass is 739 g/mol. The van der Waals surface area contributed by atoms with Crippen molar-refractivity contribution in [3.8, 4) is 11.1 Å². The van der Waals surface area contributed by atoms with Gasteiger partial charge in [-0.3, -0.25) is 4.90 Å². The minimum Gasteiger partial charge on any atom is -0.306 e. The summed E-state index contributed by atoms with van der Waals surface area (Å²) in [5, 5.41) is 8.29. The standard InChI is InChI=1S/C52H35F2N3/c1-52(2)40-14-6-5-13-37(40)50-41(52)15-9-19-47(50)57(46-18-8-7-16-42(46)53)45-29-24-34-21-26-38-44(28-23-33-22-27-39(45)49(34)48(33)38)56(51-43(54)17-10-30-55-51)36-25-20-32-11-3-4-12-35(32)31-36/h3-31H,1-2H3. The molecule has 0 spiro atoms. The lowest BCUT2D eigenvalue weighted by molar-refractivity contribution is 0.623. The number of pyridine rings is 1.